The molecule has 24 heavy (non-hydrogen) atoms. The zero-order valence-corrected chi connectivity index (χ0v) is 13.9. The highest BCUT2D eigenvalue weighted by atomic mass is 32.1. The van der Waals surface area contributed by atoms with Crippen molar-refractivity contribution in [1.29, 1.82) is 0 Å². The van der Waals surface area contributed by atoms with E-state index in [4.69, 9.17) is 5.11 Å². The Balaban J connectivity index is 1.68. The van der Waals surface area contributed by atoms with Crippen LogP contribution < -0.4 is 10.6 Å². The number of amides is 2. The minimum atomic E-state index is -0.151. The lowest BCUT2D eigenvalue weighted by Crippen LogP contribution is -2.23. The maximum absolute atomic E-state index is 12.2. The van der Waals surface area contributed by atoms with E-state index in [-0.39, 0.29) is 18.4 Å². The Bertz CT molecular complexity index is 762. The van der Waals surface area contributed by atoms with Gasteiger partial charge in [0, 0.05) is 30.6 Å². The lowest BCUT2D eigenvalue weighted by molar-refractivity contribution is -0.110. The van der Waals surface area contributed by atoms with E-state index in [1.54, 1.807) is 18.3 Å². The smallest absolute Gasteiger partial charge is 0.261 e. The van der Waals surface area contributed by atoms with Crippen LogP contribution in [0, 0.1) is 0 Å². The maximum Gasteiger partial charge on any atom is 0.261 e. The van der Waals surface area contributed by atoms with E-state index < -0.39 is 0 Å². The summed E-state index contributed by atoms with van der Waals surface area (Å²) in [5, 5.41) is 15.1. The quantitative estimate of drug-likeness (QED) is 0.459. The molecule has 0 aliphatic carbocycles. The summed E-state index contributed by atoms with van der Waals surface area (Å²) in [5.74, 6) is -0.284. The van der Waals surface area contributed by atoms with Crippen LogP contribution in [0.2, 0.25) is 0 Å². The van der Waals surface area contributed by atoms with Gasteiger partial charge in [-0.2, -0.15) is 0 Å². The van der Waals surface area contributed by atoms with Gasteiger partial charge in [-0.15, -0.1) is 11.3 Å². The third kappa shape index (κ3) is 3.58. The molecule has 3 rings (SSSR count). The molecular formula is C17H19N3O3S. The van der Waals surface area contributed by atoms with Crippen molar-refractivity contribution in [1.82, 2.24) is 10.3 Å². The third-order valence-electron chi connectivity index (χ3n) is 3.76. The number of thiophene rings is 1. The van der Waals surface area contributed by atoms with Gasteiger partial charge in [-0.25, -0.2) is 0 Å². The van der Waals surface area contributed by atoms with Crippen molar-refractivity contribution in [3.63, 3.8) is 0 Å². The molecule has 6 nitrogen and oxygen atoms in total. The Labute approximate surface area is 143 Å². The lowest BCUT2D eigenvalue weighted by atomic mass is 10.1. The molecule has 2 aromatic heterocycles. The highest BCUT2D eigenvalue weighted by Gasteiger charge is 2.28. The van der Waals surface area contributed by atoms with E-state index in [0.717, 1.165) is 30.5 Å². The van der Waals surface area contributed by atoms with Gasteiger partial charge < -0.3 is 20.7 Å². The van der Waals surface area contributed by atoms with Gasteiger partial charge in [-0.1, -0.05) is 0 Å². The van der Waals surface area contributed by atoms with Gasteiger partial charge in [-0.05, 0) is 43.5 Å². The average molecular weight is 345 g/mol. The predicted octanol–water partition coefficient (Wildman–Crippen LogP) is 2.46. The van der Waals surface area contributed by atoms with Gasteiger partial charge >= 0.3 is 0 Å². The van der Waals surface area contributed by atoms with Crippen molar-refractivity contribution in [2.45, 2.75) is 19.3 Å². The Hall–Kier alpha value is -2.38. The molecule has 2 aromatic rings. The summed E-state index contributed by atoms with van der Waals surface area (Å²) in [6, 6.07) is 5.50. The molecule has 4 N–H and O–H groups in total. The number of aromatic amines is 1. The molecule has 0 spiro atoms. The largest absolute Gasteiger partial charge is 0.396 e. The van der Waals surface area contributed by atoms with Crippen LogP contribution in [0.4, 0.5) is 5.00 Å². The summed E-state index contributed by atoms with van der Waals surface area (Å²) in [6.45, 7) is 0.764. The van der Waals surface area contributed by atoms with Crippen LogP contribution in [0.5, 0.6) is 0 Å². The second-order valence-corrected chi connectivity index (χ2v) is 6.58. The fraction of sp³-hybridized carbons (Fsp3) is 0.294. The van der Waals surface area contributed by atoms with E-state index in [1.165, 1.54) is 11.3 Å². The Morgan fingerprint density at radius 2 is 2.21 bits per heavy atom. The molecule has 0 saturated carbocycles. The second-order valence-electron chi connectivity index (χ2n) is 5.53. The first-order valence-corrected chi connectivity index (χ1v) is 8.70. The molecule has 0 radical (unpaired) electrons. The van der Waals surface area contributed by atoms with Crippen LogP contribution in [-0.2, 0) is 4.79 Å². The van der Waals surface area contributed by atoms with E-state index in [2.05, 4.69) is 15.6 Å². The number of hydrogen-bond acceptors (Lipinski definition) is 4. The summed E-state index contributed by atoms with van der Waals surface area (Å²) in [6.07, 6.45) is 6.05. The molecule has 0 aromatic carbocycles. The second kappa shape index (κ2) is 7.46. The standard InChI is InChI=1S/C17H19N3O3S/c21-8-3-1-2-6-19-16(23)14-10-13-12(9-11-5-4-7-18-11)15(22)20-17(13)24-14/h4-5,7,9-10,18,21H,1-3,6,8H2,(H,19,23)(H,20,22)/b12-9-. The lowest BCUT2D eigenvalue weighted by Gasteiger charge is -2.03. The Morgan fingerprint density at radius 3 is 2.96 bits per heavy atom. The van der Waals surface area contributed by atoms with Gasteiger partial charge in [0.1, 0.15) is 5.00 Å². The van der Waals surface area contributed by atoms with Crippen molar-refractivity contribution in [3.05, 3.63) is 40.5 Å². The monoisotopic (exact) mass is 345 g/mol. The summed E-state index contributed by atoms with van der Waals surface area (Å²) < 4.78 is 0. The Morgan fingerprint density at radius 1 is 1.33 bits per heavy atom. The van der Waals surface area contributed by atoms with E-state index in [1.807, 2.05) is 12.1 Å². The SMILES string of the molecule is O=C1Nc2sc(C(=O)NCCCCCO)cc2/C1=C/c1ccc[nH]1. The van der Waals surface area contributed by atoms with Crippen molar-refractivity contribution in [2.24, 2.45) is 0 Å². The fourth-order valence-corrected chi connectivity index (χ4v) is 3.51. The number of unbranched alkanes of at least 4 members (excludes halogenated alkanes) is 2. The summed E-state index contributed by atoms with van der Waals surface area (Å²) in [4.78, 5) is 27.9. The number of anilines is 1. The van der Waals surface area contributed by atoms with Crippen LogP contribution in [-0.4, -0.2) is 35.1 Å². The number of aromatic nitrogens is 1. The van der Waals surface area contributed by atoms with Gasteiger partial charge in [0.05, 0.1) is 10.5 Å². The highest BCUT2D eigenvalue weighted by Crippen LogP contribution is 2.39. The molecule has 126 valence electrons. The zero-order chi connectivity index (χ0) is 16.9. The van der Waals surface area contributed by atoms with Crippen molar-refractivity contribution in [3.8, 4) is 0 Å². The molecule has 0 saturated heterocycles. The highest BCUT2D eigenvalue weighted by molar-refractivity contribution is 7.18. The molecule has 0 atom stereocenters. The number of aliphatic hydroxyl groups is 1. The van der Waals surface area contributed by atoms with Gasteiger partial charge in [0.2, 0.25) is 0 Å². The van der Waals surface area contributed by atoms with Crippen molar-refractivity contribution >= 4 is 39.8 Å². The molecule has 0 bridgehead atoms. The topological polar surface area (TPSA) is 94.2 Å². The fourth-order valence-electron chi connectivity index (χ4n) is 2.52. The number of aliphatic hydroxyl groups excluding tert-OH is 1. The van der Waals surface area contributed by atoms with Crippen LogP contribution in [0.3, 0.4) is 0 Å². The van der Waals surface area contributed by atoms with Gasteiger partial charge in [0.25, 0.3) is 11.8 Å². The number of H-pyrrole nitrogens is 1. The van der Waals surface area contributed by atoms with Crippen LogP contribution in [0.25, 0.3) is 11.6 Å². The van der Waals surface area contributed by atoms with Crippen molar-refractivity contribution in [2.75, 3.05) is 18.5 Å². The minimum absolute atomic E-state index is 0.133. The van der Waals surface area contributed by atoms with Crippen LogP contribution >= 0.6 is 11.3 Å². The molecule has 7 heteroatoms. The molecule has 1 aliphatic rings. The maximum atomic E-state index is 12.2. The summed E-state index contributed by atoms with van der Waals surface area (Å²) in [5.41, 5.74) is 2.17. The molecule has 1 aliphatic heterocycles. The van der Waals surface area contributed by atoms with E-state index in [9.17, 15) is 9.59 Å². The average Bonchev–Trinajstić information content (AvgIpc) is 3.26. The molecule has 2 amide bonds. The number of carbonyl (C=O) groups excluding carboxylic acids is 2. The van der Waals surface area contributed by atoms with Crippen LogP contribution in [0.1, 0.15) is 40.2 Å². The minimum Gasteiger partial charge on any atom is -0.396 e. The summed E-state index contributed by atoms with van der Waals surface area (Å²) >= 11 is 1.28. The van der Waals surface area contributed by atoms with E-state index >= 15 is 0 Å². The molecular weight excluding hydrogens is 326 g/mol. The number of hydrogen-bond donors (Lipinski definition) is 4. The van der Waals surface area contributed by atoms with Gasteiger partial charge in [0.15, 0.2) is 0 Å². The first kappa shape index (κ1) is 16.5. The molecule has 0 fully saturated rings. The Kier molecular flexibility index (Phi) is 5.12. The number of carbonyl (C=O) groups is 2. The number of nitrogens with one attached hydrogen (secondary N) is 3. The first-order chi connectivity index (χ1) is 11.7. The summed E-state index contributed by atoms with van der Waals surface area (Å²) in [7, 11) is 0. The van der Waals surface area contributed by atoms with E-state index in [0.29, 0.717) is 22.0 Å². The molecule has 3 heterocycles. The van der Waals surface area contributed by atoms with Crippen molar-refractivity contribution < 1.29 is 14.7 Å². The zero-order valence-electron chi connectivity index (χ0n) is 13.1. The third-order valence-corrected chi connectivity index (χ3v) is 4.81. The first-order valence-electron chi connectivity index (χ1n) is 7.88. The normalized spacial score (nSPS) is 14.7. The van der Waals surface area contributed by atoms with Crippen LogP contribution in [0.15, 0.2) is 24.4 Å². The predicted molar refractivity (Wildman–Crippen MR) is 94.9 cm³/mol. The number of rotatable bonds is 7. The van der Waals surface area contributed by atoms with Gasteiger partial charge in [-0.3, -0.25) is 9.59 Å². The number of fused-ring (bicyclic) bond motifs is 1. The molecule has 0 unspecified atom stereocenters.